The van der Waals surface area contributed by atoms with Crippen LogP contribution < -0.4 is 16.0 Å². The second-order valence-corrected chi connectivity index (χ2v) is 4.90. The van der Waals surface area contributed by atoms with Crippen molar-refractivity contribution in [2.45, 2.75) is 39.7 Å². The van der Waals surface area contributed by atoms with E-state index in [1.54, 1.807) is 19.2 Å². The van der Waals surface area contributed by atoms with Crippen molar-refractivity contribution < 1.29 is 9.59 Å². The highest BCUT2D eigenvalue weighted by Crippen LogP contribution is 2.17. The lowest BCUT2D eigenvalue weighted by atomic mass is 10.1. The Kier molecular flexibility index (Phi) is 6.03. The number of benzene rings is 1. The molecule has 3 amide bonds. The fourth-order valence-electron chi connectivity index (χ4n) is 1.93. The molecule has 0 spiro atoms. The number of hydrogen-bond donors (Lipinski definition) is 3. The third-order valence-electron chi connectivity index (χ3n) is 3.07. The molecular weight excluding hydrogens is 254 g/mol. The minimum atomic E-state index is -0.247. The molecule has 0 aliphatic carbocycles. The second-order valence-electron chi connectivity index (χ2n) is 4.90. The Balaban J connectivity index is 2.76. The topological polar surface area (TPSA) is 70.2 Å². The van der Waals surface area contributed by atoms with Crippen molar-refractivity contribution in [2.75, 3.05) is 12.4 Å². The van der Waals surface area contributed by atoms with E-state index in [-0.39, 0.29) is 18.0 Å². The summed E-state index contributed by atoms with van der Waals surface area (Å²) >= 11 is 0. The van der Waals surface area contributed by atoms with Gasteiger partial charge in [0.05, 0.1) is 0 Å². The van der Waals surface area contributed by atoms with Crippen LogP contribution in [0.25, 0.3) is 0 Å². The number of carbonyl (C=O) groups is 2. The molecule has 0 aliphatic rings. The van der Waals surface area contributed by atoms with E-state index in [0.717, 1.165) is 18.4 Å². The zero-order chi connectivity index (χ0) is 15.1. The van der Waals surface area contributed by atoms with E-state index in [1.165, 1.54) is 0 Å². The monoisotopic (exact) mass is 277 g/mol. The standard InChI is InChI=1S/C15H23N3O2/c1-5-6-11(3)17-15(20)18-13-9-12(14(19)16-4)8-7-10(13)2/h7-9,11H,5-6H2,1-4H3,(H,16,19)(H2,17,18,20)/t11-/m1/s1. The predicted octanol–water partition coefficient (Wildman–Crippen LogP) is 2.66. The molecule has 1 rings (SSSR count). The summed E-state index contributed by atoms with van der Waals surface area (Å²) in [6, 6.07) is 5.11. The van der Waals surface area contributed by atoms with Crippen molar-refractivity contribution in [2.24, 2.45) is 0 Å². The normalized spacial score (nSPS) is 11.6. The number of urea groups is 1. The van der Waals surface area contributed by atoms with Gasteiger partial charge < -0.3 is 16.0 Å². The van der Waals surface area contributed by atoms with Crippen molar-refractivity contribution in [3.63, 3.8) is 0 Å². The molecule has 0 unspecified atom stereocenters. The molecule has 5 heteroatoms. The molecule has 1 aromatic rings. The Hall–Kier alpha value is -2.04. The maximum absolute atomic E-state index is 11.9. The largest absolute Gasteiger partial charge is 0.355 e. The smallest absolute Gasteiger partial charge is 0.319 e. The van der Waals surface area contributed by atoms with Crippen LogP contribution in [0.3, 0.4) is 0 Å². The maximum Gasteiger partial charge on any atom is 0.319 e. The van der Waals surface area contributed by atoms with E-state index in [4.69, 9.17) is 0 Å². The molecule has 20 heavy (non-hydrogen) atoms. The van der Waals surface area contributed by atoms with Crippen LogP contribution >= 0.6 is 0 Å². The van der Waals surface area contributed by atoms with Crippen LogP contribution in [-0.2, 0) is 0 Å². The molecule has 0 bridgehead atoms. The summed E-state index contributed by atoms with van der Waals surface area (Å²) in [5.74, 6) is -0.173. The van der Waals surface area contributed by atoms with Crippen molar-refractivity contribution >= 4 is 17.6 Å². The van der Waals surface area contributed by atoms with Crippen LogP contribution in [0.15, 0.2) is 18.2 Å². The van der Waals surface area contributed by atoms with E-state index >= 15 is 0 Å². The van der Waals surface area contributed by atoms with Crippen LogP contribution in [0, 0.1) is 6.92 Å². The second kappa shape index (κ2) is 7.53. The predicted molar refractivity (Wildman–Crippen MR) is 81.1 cm³/mol. The van der Waals surface area contributed by atoms with Gasteiger partial charge in [0, 0.05) is 24.3 Å². The minimum Gasteiger partial charge on any atom is -0.355 e. The van der Waals surface area contributed by atoms with Crippen LogP contribution in [-0.4, -0.2) is 25.0 Å². The van der Waals surface area contributed by atoms with Crippen LogP contribution in [0.2, 0.25) is 0 Å². The van der Waals surface area contributed by atoms with Gasteiger partial charge in [0.15, 0.2) is 0 Å². The summed E-state index contributed by atoms with van der Waals surface area (Å²) in [6.07, 6.45) is 1.96. The summed E-state index contributed by atoms with van der Waals surface area (Å²) in [5, 5.41) is 8.22. The van der Waals surface area contributed by atoms with Gasteiger partial charge in [-0.15, -0.1) is 0 Å². The molecule has 5 nitrogen and oxygen atoms in total. The first-order chi connectivity index (χ1) is 9.47. The van der Waals surface area contributed by atoms with E-state index < -0.39 is 0 Å². The Labute approximate surface area is 120 Å². The van der Waals surface area contributed by atoms with Gasteiger partial charge >= 0.3 is 6.03 Å². The number of anilines is 1. The Bertz CT molecular complexity index is 486. The summed E-state index contributed by atoms with van der Waals surface area (Å²) in [7, 11) is 1.58. The van der Waals surface area contributed by atoms with Crippen molar-refractivity contribution in [1.82, 2.24) is 10.6 Å². The zero-order valence-electron chi connectivity index (χ0n) is 12.5. The van der Waals surface area contributed by atoms with Crippen LogP contribution in [0.5, 0.6) is 0 Å². The van der Waals surface area contributed by atoms with Crippen molar-refractivity contribution in [3.05, 3.63) is 29.3 Å². The zero-order valence-corrected chi connectivity index (χ0v) is 12.5. The molecule has 0 heterocycles. The number of amides is 3. The molecule has 1 aromatic carbocycles. The molecule has 110 valence electrons. The summed E-state index contributed by atoms with van der Waals surface area (Å²) in [5.41, 5.74) is 2.08. The first-order valence-electron chi connectivity index (χ1n) is 6.88. The number of aryl methyl sites for hydroxylation is 1. The average molecular weight is 277 g/mol. The van der Waals surface area contributed by atoms with E-state index in [2.05, 4.69) is 22.9 Å². The average Bonchev–Trinajstić information content (AvgIpc) is 2.40. The van der Waals surface area contributed by atoms with E-state index in [9.17, 15) is 9.59 Å². The Morgan fingerprint density at radius 2 is 2.00 bits per heavy atom. The Morgan fingerprint density at radius 3 is 2.60 bits per heavy atom. The van der Waals surface area contributed by atoms with Gasteiger partial charge in [0.25, 0.3) is 5.91 Å². The highest BCUT2D eigenvalue weighted by atomic mass is 16.2. The lowest BCUT2D eigenvalue weighted by molar-refractivity contribution is 0.0963. The summed E-state index contributed by atoms with van der Waals surface area (Å²) in [4.78, 5) is 23.5. The molecule has 1 atom stereocenters. The fourth-order valence-corrected chi connectivity index (χ4v) is 1.93. The minimum absolute atomic E-state index is 0.127. The molecule has 0 radical (unpaired) electrons. The highest BCUT2D eigenvalue weighted by Gasteiger charge is 2.10. The quantitative estimate of drug-likeness (QED) is 0.774. The van der Waals surface area contributed by atoms with Gasteiger partial charge in [-0.3, -0.25) is 4.79 Å². The number of rotatable bonds is 5. The molecular formula is C15H23N3O2. The molecule has 0 aliphatic heterocycles. The van der Waals surface area contributed by atoms with Gasteiger partial charge in [0.2, 0.25) is 0 Å². The third kappa shape index (κ3) is 4.57. The van der Waals surface area contributed by atoms with Crippen molar-refractivity contribution in [3.8, 4) is 0 Å². The summed E-state index contributed by atoms with van der Waals surface area (Å²) < 4.78 is 0. The Morgan fingerprint density at radius 1 is 1.30 bits per heavy atom. The van der Waals surface area contributed by atoms with Gasteiger partial charge in [0.1, 0.15) is 0 Å². The van der Waals surface area contributed by atoms with Crippen LogP contribution in [0.4, 0.5) is 10.5 Å². The molecule has 3 N–H and O–H groups in total. The lowest BCUT2D eigenvalue weighted by Gasteiger charge is -2.15. The first kappa shape index (κ1) is 16.0. The number of hydrogen-bond acceptors (Lipinski definition) is 2. The SMILES string of the molecule is CCC[C@@H](C)NC(=O)Nc1cc(C(=O)NC)ccc1C. The molecule has 0 fully saturated rings. The first-order valence-corrected chi connectivity index (χ1v) is 6.88. The maximum atomic E-state index is 11.9. The van der Waals surface area contributed by atoms with Gasteiger partial charge in [-0.2, -0.15) is 0 Å². The third-order valence-corrected chi connectivity index (χ3v) is 3.07. The van der Waals surface area contributed by atoms with E-state index in [1.807, 2.05) is 19.9 Å². The molecule has 0 saturated carbocycles. The number of nitrogens with one attached hydrogen (secondary N) is 3. The van der Waals surface area contributed by atoms with Gasteiger partial charge in [-0.25, -0.2) is 4.79 Å². The lowest BCUT2D eigenvalue weighted by Crippen LogP contribution is -2.36. The molecule has 0 aromatic heterocycles. The van der Waals surface area contributed by atoms with Gasteiger partial charge in [-0.1, -0.05) is 19.4 Å². The van der Waals surface area contributed by atoms with Gasteiger partial charge in [-0.05, 0) is 38.0 Å². The van der Waals surface area contributed by atoms with Crippen LogP contribution in [0.1, 0.15) is 42.6 Å². The highest BCUT2D eigenvalue weighted by molar-refractivity contribution is 5.97. The summed E-state index contributed by atoms with van der Waals surface area (Å²) in [6.45, 7) is 5.93. The van der Waals surface area contributed by atoms with E-state index in [0.29, 0.717) is 11.3 Å². The molecule has 0 saturated heterocycles. The van der Waals surface area contributed by atoms with Crippen molar-refractivity contribution in [1.29, 1.82) is 0 Å². The fraction of sp³-hybridized carbons (Fsp3) is 0.467. The number of carbonyl (C=O) groups excluding carboxylic acids is 2.